The molecule has 0 radical (unpaired) electrons. The summed E-state index contributed by atoms with van der Waals surface area (Å²) >= 11 is 0.878. The highest BCUT2D eigenvalue weighted by atomic mass is 32.2. The number of esters is 1. The normalized spacial score (nSPS) is 13.0. The van der Waals surface area contributed by atoms with Gasteiger partial charge in [-0.15, -0.1) is 0 Å². The molecule has 0 aliphatic heterocycles. The molecule has 138 valence electrons. The fraction of sp³-hybridized carbons (Fsp3) is 0.400. The third kappa shape index (κ3) is 8.09. The lowest BCUT2D eigenvalue weighted by molar-refractivity contribution is -1.21. The first kappa shape index (κ1) is 21.1. The van der Waals surface area contributed by atoms with Crippen molar-refractivity contribution in [1.82, 2.24) is 5.32 Å². The highest BCUT2D eigenvalue weighted by Gasteiger charge is 2.22. The Hall–Kier alpha value is -1.98. The summed E-state index contributed by atoms with van der Waals surface area (Å²) in [6.07, 6.45) is 0. The van der Waals surface area contributed by atoms with Crippen LogP contribution < -0.4 is 10.7 Å². The Morgan fingerprint density at radius 3 is 2.48 bits per heavy atom. The zero-order valence-electron chi connectivity index (χ0n) is 13.8. The summed E-state index contributed by atoms with van der Waals surface area (Å²) in [5.74, 6) is -0.950. The molecular weight excluding hydrogens is 352 g/mol. The SMILES string of the molecule is CCOC(=O)C(CSC(=O)c1ccc(CO[NH+]([O-])O)cc1)NC(C)=O. The standard InChI is InChI=1S/C15H20N2O7S/c1-3-23-14(19)13(16-10(2)18)9-25-15(20)12-6-4-11(5-7-12)8-24-17(21)22/h4-7,13,17,21H,3,8-9H2,1-2H3,(H,16,18). The van der Waals surface area contributed by atoms with Crippen LogP contribution in [0, 0.1) is 5.21 Å². The minimum absolute atomic E-state index is 0.0428. The molecule has 0 saturated heterocycles. The van der Waals surface area contributed by atoms with Crippen LogP contribution in [-0.4, -0.2) is 40.6 Å². The number of benzene rings is 1. The van der Waals surface area contributed by atoms with Crippen LogP contribution in [0.2, 0.25) is 0 Å². The Kier molecular flexibility index (Phi) is 9.10. The fourth-order valence-corrected chi connectivity index (χ4v) is 2.62. The van der Waals surface area contributed by atoms with Crippen molar-refractivity contribution >= 4 is 28.8 Å². The van der Waals surface area contributed by atoms with E-state index in [0.717, 1.165) is 11.8 Å². The lowest BCUT2D eigenvalue weighted by Crippen LogP contribution is -3.03. The van der Waals surface area contributed by atoms with E-state index in [0.29, 0.717) is 11.1 Å². The number of amides is 1. The summed E-state index contributed by atoms with van der Waals surface area (Å²) in [6.45, 7) is 2.99. The van der Waals surface area contributed by atoms with Crippen LogP contribution >= 0.6 is 11.8 Å². The zero-order chi connectivity index (χ0) is 18.8. The van der Waals surface area contributed by atoms with E-state index in [-0.39, 0.29) is 24.1 Å². The Labute approximate surface area is 148 Å². The maximum atomic E-state index is 12.2. The number of hydrogen-bond acceptors (Lipinski definition) is 8. The van der Waals surface area contributed by atoms with Gasteiger partial charge in [0.2, 0.25) is 11.0 Å². The van der Waals surface area contributed by atoms with E-state index in [4.69, 9.17) is 9.94 Å². The summed E-state index contributed by atoms with van der Waals surface area (Å²) in [5, 5.41) is 19.6. The van der Waals surface area contributed by atoms with Crippen LogP contribution in [0.25, 0.3) is 0 Å². The second kappa shape index (κ2) is 10.8. The predicted octanol–water partition coefficient (Wildman–Crippen LogP) is -0.169. The number of quaternary nitrogens is 1. The van der Waals surface area contributed by atoms with Gasteiger partial charge in [0.1, 0.15) is 12.6 Å². The minimum Gasteiger partial charge on any atom is -0.566 e. The first-order valence-corrected chi connectivity index (χ1v) is 8.37. The molecule has 1 aromatic rings. The average molecular weight is 372 g/mol. The summed E-state index contributed by atoms with van der Waals surface area (Å²) in [7, 11) is 0. The number of ether oxygens (including phenoxy) is 1. The van der Waals surface area contributed by atoms with Gasteiger partial charge in [-0.3, -0.25) is 9.59 Å². The summed E-state index contributed by atoms with van der Waals surface area (Å²) in [5.41, 5.74) is 0.987. The molecule has 10 heteroatoms. The Balaban J connectivity index is 2.61. The van der Waals surface area contributed by atoms with E-state index in [2.05, 4.69) is 10.2 Å². The summed E-state index contributed by atoms with van der Waals surface area (Å²) in [4.78, 5) is 39.5. The molecule has 0 saturated carbocycles. The predicted molar refractivity (Wildman–Crippen MR) is 88.4 cm³/mol. The average Bonchev–Trinajstić information content (AvgIpc) is 2.56. The van der Waals surface area contributed by atoms with Gasteiger partial charge >= 0.3 is 5.97 Å². The Morgan fingerprint density at radius 2 is 1.96 bits per heavy atom. The molecule has 0 fully saturated rings. The molecule has 0 aromatic heterocycles. The molecule has 0 spiro atoms. The lowest BCUT2D eigenvalue weighted by atomic mass is 10.2. The molecule has 2 atom stereocenters. The molecule has 0 aliphatic rings. The topological polar surface area (TPSA) is 129 Å². The van der Waals surface area contributed by atoms with Crippen LogP contribution in [0.3, 0.4) is 0 Å². The van der Waals surface area contributed by atoms with Crippen molar-refractivity contribution in [2.45, 2.75) is 26.5 Å². The molecule has 2 unspecified atom stereocenters. The number of thioether (sulfide) groups is 1. The lowest BCUT2D eigenvalue weighted by Gasteiger charge is -2.15. The molecule has 1 rings (SSSR count). The molecule has 1 amide bonds. The summed E-state index contributed by atoms with van der Waals surface area (Å²) < 4.78 is 4.86. The third-order valence-electron chi connectivity index (χ3n) is 2.88. The van der Waals surface area contributed by atoms with Crippen LogP contribution in [0.1, 0.15) is 29.8 Å². The van der Waals surface area contributed by atoms with Gasteiger partial charge < -0.3 is 15.3 Å². The van der Waals surface area contributed by atoms with E-state index in [1.54, 1.807) is 19.1 Å². The van der Waals surface area contributed by atoms with E-state index in [9.17, 15) is 19.6 Å². The molecular formula is C15H20N2O7S. The van der Waals surface area contributed by atoms with E-state index in [1.807, 2.05) is 0 Å². The van der Waals surface area contributed by atoms with Gasteiger partial charge in [-0.2, -0.15) is 10.0 Å². The largest absolute Gasteiger partial charge is 0.566 e. The number of carbonyl (C=O) groups is 3. The van der Waals surface area contributed by atoms with Crippen molar-refractivity contribution in [3.63, 3.8) is 0 Å². The molecule has 25 heavy (non-hydrogen) atoms. The zero-order valence-corrected chi connectivity index (χ0v) is 14.6. The van der Waals surface area contributed by atoms with E-state index in [1.165, 1.54) is 19.1 Å². The minimum atomic E-state index is -1.38. The Morgan fingerprint density at radius 1 is 1.32 bits per heavy atom. The van der Waals surface area contributed by atoms with Crippen molar-refractivity contribution in [1.29, 1.82) is 0 Å². The summed E-state index contributed by atoms with van der Waals surface area (Å²) in [6, 6.07) is 5.32. The maximum Gasteiger partial charge on any atom is 0.329 e. The molecule has 3 N–H and O–H groups in total. The third-order valence-corrected chi connectivity index (χ3v) is 3.88. The highest BCUT2D eigenvalue weighted by molar-refractivity contribution is 8.14. The number of rotatable bonds is 9. The van der Waals surface area contributed by atoms with Gasteiger partial charge in [0.25, 0.3) is 0 Å². The second-order valence-electron chi connectivity index (χ2n) is 4.86. The second-order valence-corrected chi connectivity index (χ2v) is 5.85. The fourth-order valence-electron chi connectivity index (χ4n) is 1.78. The number of carbonyl (C=O) groups excluding carboxylic acids is 3. The maximum absolute atomic E-state index is 12.2. The van der Waals surface area contributed by atoms with Crippen LogP contribution in [-0.2, 0) is 25.8 Å². The van der Waals surface area contributed by atoms with Crippen molar-refractivity contribution in [2.24, 2.45) is 0 Å². The molecule has 0 heterocycles. The van der Waals surface area contributed by atoms with Gasteiger partial charge in [0, 0.05) is 18.2 Å². The van der Waals surface area contributed by atoms with E-state index < -0.39 is 23.3 Å². The Bertz CT molecular complexity index is 592. The highest BCUT2D eigenvalue weighted by Crippen LogP contribution is 2.15. The first-order valence-electron chi connectivity index (χ1n) is 7.39. The van der Waals surface area contributed by atoms with Gasteiger partial charge in [-0.05, 0) is 12.5 Å². The molecule has 0 aliphatic carbocycles. The van der Waals surface area contributed by atoms with Crippen molar-refractivity contribution < 1.29 is 34.6 Å². The van der Waals surface area contributed by atoms with Crippen LogP contribution in [0.5, 0.6) is 0 Å². The van der Waals surface area contributed by atoms with Crippen LogP contribution in [0.15, 0.2) is 24.3 Å². The number of hydrogen-bond donors (Lipinski definition) is 3. The molecule has 0 bridgehead atoms. The van der Waals surface area contributed by atoms with Gasteiger partial charge in [-0.1, -0.05) is 41.4 Å². The van der Waals surface area contributed by atoms with Crippen molar-refractivity contribution in [3.05, 3.63) is 40.6 Å². The van der Waals surface area contributed by atoms with Crippen molar-refractivity contribution in [3.8, 4) is 0 Å². The quantitative estimate of drug-likeness (QED) is 0.402. The monoisotopic (exact) mass is 372 g/mol. The smallest absolute Gasteiger partial charge is 0.329 e. The van der Waals surface area contributed by atoms with Crippen LogP contribution in [0.4, 0.5) is 0 Å². The molecule has 9 nitrogen and oxygen atoms in total. The van der Waals surface area contributed by atoms with Gasteiger partial charge in [0.05, 0.1) is 6.61 Å². The van der Waals surface area contributed by atoms with Crippen molar-refractivity contribution in [2.75, 3.05) is 12.4 Å². The van der Waals surface area contributed by atoms with Gasteiger partial charge in [0.15, 0.2) is 0 Å². The molecule has 1 aromatic carbocycles. The van der Waals surface area contributed by atoms with Gasteiger partial charge in [-0.25, -0.2) is 4.79 Å². The first-order chi connectivity index (χ1) is 11.8. The van der Waals surface area contributed by atoms with E-state index >= 15 is 0 Å². The number of nitrogens with one attached hydrogen (secondary N) is 2.